The van der Waals surface area contributed by atoms with Gasteiger partial charge in [-0.3, -0.25) is 9.59 Å². The van der Waals surface area contributed by atoms with E-state index < -0.39 is 17.4 Å². The molecule has 0 saturated carbocycles. The Labute approximate surface area is 183 Å². The van der Waals surface area contributed by atoms with Gasteiger partial charge in [0.25, 0.3) is 0 Å². The summed E-state index contributed by atoms with van der Waals surface area (Å²) in [7, 11) is 2.99. The van der Waals surface area contributed by atoms with Crippen LogP contribution in [0.4, 0.5) is 4.39 Å². The summed E-state index contributed by atoms with van der Waals surface area (Å²) in [4.78, 5) is 40.5. The molecule has 6 nitrogen and oxygen atoms in total. The zero-order valence-electron chi connectivity index (χ0n) is 19.5. The van der Waals surface area contributed by atoms with Gasteiger partial charge in [-0.25, -0.2) is 9.18 Å². The highest BCUT2D eigenvalue weighted by Crippen LogP contribution is 2.27. The molecule has 168 valence electrons. The van der Waals surface area contributed by atoms with Crippen molar-refractivity contribution in [3.63, 3.8) is 0 Å². The van der Waals surface area contributed by atoms with E-state index >= 15 is 0 Å². The van der Waals surface area contributed by atoms with Crippen LogP contribution in [-0.4, -0.2) is 40.3 Å². The topological polar surface area (TPSA) is 68.6 Å². The molecule has 0 unspecified atom stereocenters. The molecular formula is C24H31FN2O4. The highest BCUT2D eigenvalue weighted by molar-refractivity contribution is 6.06. The Morgan fingerprint density at radius 1 is 1.13 bits per heavy atom. The predicted molar refractivity (Wildman–Crippen MR) is 116 cm³/mol. The lowest BCUT2D eigenvalue weighted by molar-refractivity contribution is -0.141. The predicted octanol–water partition coefficient (Wildman–Crippen LogP) is 4.21. The molecule has 2 rings (SSSR count). The molecule has 1 atom stereocenters. The first-order valence-corrected chi connectivity index (χ1v) is 10.1. The third-order valence-electron chi connectivity index (χ3n) is 5.57. The number of nitrogens with zero attached hydrogens (tertiary/aromatic N) is 2. The van der Waals surface area contributed by atoms with E-state index in [1.807, 2.05) is 0 Å². The molecule has 1 amide bonds. The number of ether oxygens (including phenoxy) is 1. The summed E-state index contributed by atoms with van der Waals surface area (Å²) >= 11 is 0. The van der Waals surface area contributed by atoms with Crippen molar-refractivity contribution in [3.05, 3.63) is 58.2 Å². The van der Waals surface area contributed by atoms with Crippen LogP contribution in [0.25, 0.3) is 0 Å². The summed E-state index contributed by atoms with van der Waals surface area (Å²) < 4.78 is 19.8. The van der Waals surface area contributed by atoms with E-state index in [2.05, 4.69) is 0 Å². The van der Waals surface area contributed by atoms with Crippen molar-refractivity contribution in [1.82, 2.24) is 9.47 Å². The molecule has 1 aromatic carbocycles. The number of ketones is 1. The lowest BCUT2D eigenvalue weighted by Crippen LogP contribution is -2.47. The first kappa shape index (κ1) is 24.3. The second-order valence-electron chi connectivity index (χ2n) is 8.83. The Morgan fingerprint density at radius 2 is 1.68 bits per heavy atom. The van der Waals surface area contributed by atoms with E-state index in [0.717, 1.165) is 5.56 Å². The van der Waals surface area contributed by atoms with Crippen LogP contribution in [0, 0.1) is 25.1 Å². The van der Waals surface area contributed by atoms with E-state index in [1.165, 1.54) is 24.1 Å². The van der Waals surface area contributed by atoms with Gasteiger partial charge in [0.1, 0.15) is 11.5 Å². The maximum Gasteiger partial charge on any atom is 0.354 e. The minimum Gasteiger partial charge on any atom is -0.464 e. The number of aromatic nitrogens is 1. The van der Waals surface area contributed by atoms with Crippen LogP contribution in [0.5, 0.6) is 0 Å². The number of Topliss-reactive ketones (excluding diaryl/α,β-unsaturated/α-hetero) is 1. The molecule has 0 N–H and O–H groups in total. The van der Waals surface area contributed by atoms with Gasteiger partial charge in [0, 0.05) is 30.3 Å². The van der Waals surface area contributed by atoms with Gasteiger partial charge in [0.2, 0.25) is 5.91 Å². The zero-order valence-corrected chi connectivity index (χ0v) is 19.5. The number of esters is 1. The SMILES string of the molecule is COC(=O)c1c(C)c(C(=O)[C@H](C)N(Cc2ccc(F)cc2)C(=O)C(C)(C)C)c(C)n1C. The van der Waals surface area contributed by atoms with Crippen molar-refractivity contribution in [2.75, 3.05) is 7.11 Å². The lowest BCUT2D eigenvalue weighted by Gasteiger charge is -2.34. The number of hydrogen-bond acceptors (Lipinski definition) is 4. The average molecular weight is 431 g/mol. The Morgan fingerprint density at radius 3 is 2.16 bits per heavy atom. The van der Waals surface area contributed by atoms with Crippen molar-refractivity contribution in [2.24, 2.45) is 12.5 Å². The van der Waals surface area contributed by atoms with Gasteiger partial charge in [-0.1, -0.05) is 32.9 Å². The normalized spacial score (nSPS) is 12.4. The highest BCUT2D eigenvalue weighted by Gasteiger charge is 2.36. The van der Waals surface area contributed by atoms with Crippen LogP contribution in [-0.2, 0) is 23.1 Å². The van der Waals surface area contributed by atoms with Crippen LogP contribution < -0.4 is 0 Å². The van der Waals surface area contributed by atoms with Gasteiger partial charge in [0.15, 0.2) is 5.78 Å². The molecule has 0 aliphatic carbocycles. The zero-order chi connectivity index (χ0) is 23.7. The van der Waals surface area contributed by atoms with Gasteiger partial charge in [-0.15, -0.1) is 0 Å². The van der Waals surface area contributed by atoms with E-state index in [0.29, 0.717) is 22.5 Å². The molecule has 0 saturated heterocycles. The number of amides is 1. The van der Waals surface area contributed by atoms with Crippen LogP contribution in [0.1, 0.15) is 65.4 Å². The van der Waals surface area contributed by atoms with E-state index in [-0.39, 0.29) is 24.1 Å². The first-order valence-electron chi connectivity index (χ1n) is 10.1. The van der Waals surface area contributed by atoms with Crippen molar-refractivity contribution in [3.8, 4) is 0 Å². The second kappa shape index (κ2) is 9.04. The number of carbonyl (C=O) groups excluding carboxylic acids is 3. The number of halogens is 1. The molecule has 0 aliphatic rings. The van der Waals surface area contributed by atoms with Crippen LogP contribution >= 0.6 is 0 Å². The number of hydrogen-bond donors (Lipinski definition) is 0. The smallest absolute Gasteiger partial charge is 0.354 e. The number of rotatable bonds is 6. The Kier molecular flexibility index (Phi) is 7.09. The van der Waals surface area contributed by atoms with E-state index in [1.54, 1.807) is 65.3 Å². The van der Waals surface area contributed by atoms with Crippen LogP contribution in [0.2, 0.25) is 0 Å². The van der Waals surface area contributed by atoms with Gasteiger partial charge < -0.3 is 14.2 Å². The Bertz CT molecular complexity index is 1000. The quantitative estimate of drug-likeness (QED) is 0.508. The third kappa shape index (κ3) is 4.86. The largest absolute Gasteiger partial charge is 0.464 e. The molecule has 0 aliphatic heterocycles. The summed E-state index contributed by atoms with van der Waals surface area (Å²) in [5.74, 6) is -1.35. The lowest BCUT2D eigenvalue weighted by atomic mass is 9.92. The first-order chi connectivity index (χ1) is 14.3. The number of benzene rings is 1. The van der Waals surface area contributed by atoms with Crippen molar-refractivity contribution in [2.45, 2.75) is 54.1 Å². The molecule has 0 spiro atoms. The second-order valence-corrected chi connectivity index (χ2v) is 8.83. The molecular weight excluding hydrogens is 399 g/mol. The standard InChI is InChI=1S/C24H31FN2O4/c1-14-19(15(2)26(7)20(14)22(29)31-8)21(28)16(3)27(23(30)24(4,5)6)13-17-9-11-18(25)12-10-17/h9-12,16H,13H2,1-8H3/t16-/m0/s1. The maximum atomic E-state index is 13.6. The van der Waals surface area contributed by atoms with Crippen LogP contribution in [0.15, 0.2) is 24.3 Å². The summed E-state index contributed by atoms with van der Waals surface area (Å²) in [6, 6.07) is 5.07. The Balaban J connectivity index is 2.50. The summed E-state index contributed by atoms with van der Waals surface area (Å²) in [5.41, 5.74) is 1.86. The van der Waals surface area contributed by atoms with Gasteiger partial charge in [-0.05, 0) is 44.0 Å². The fourth-order valence-electron chi connectivity index (χ4n) is 3.68. The van der Waals surface area contributed by atoms with Gasteiger partial charge in [-0.2, -0.15) is 0 Å². The molecule has 31 heavy (non-hydrogen) atoms. The van der Waals surface area contributed by atoms with Gasteiger partial charge >= 0.3 is 5.97 Å². The van der Waals surface area contributed by atoms with Crippen molar-refractivity contribution < 1.29 is 23.5 Å². The highest BCUT2D eigenvalue weighted by atomic mass is 19.1. The summed E-state index contributed by atoms with van der Waals surface area (Å²) in [6.45, 7) is 10.7. The van der Waals surface area contributed by atoms with E-state index in [9.17, 15) is 18.8 Å². The van der Waals surface area contributed by atoms with Crippen LogP contribution in [0.3, 0.4) is 0 Å². The summed E-state index contributed by atoms with van der Waals surface area (Å²) in [6.07, 6.45) is 0. The minimum atomic E-state index is -0.790. The fraction of sp³-hybridized carbons (Fsp3) is 0.458. The van der Waals surface area contributed by atoms with Crippen molar-refractivity contribution >= 4 is 17.7 Å². The van der Waals surface area contributed by atoms with E-state index in [4.69, 9.17) is 4.74 Å². The minimum absolute atomic E-state index is 0.165. The fourth-order valence-corrected chi connectivity index (χ4v) is 3.68. The Hall–Kier alpha value is -2.96. The molecule has 7 heteroatoms. The molecule has 1 aromatic heterocycles. The average Bonchev–Trinajstić information content (AvgIpc) is 2.93. The molecule has 0 radical (unpaired) electrons. The summed E-state index contributed by atoms with van der Waals surface area (Å²) in [5, 5.41) is 0. The molecule has 1 heterocycles. The number of methoxy groups -OCH3 is 1. The molecule has 0 bridgehead atoms. The number of carbonyl (C=O) groups is 3. The molecule has 2 aromatic rings. The van der Waals surface area contributed by atoms with Crippen molar-refractivity contribution in [1.29, 1.82) is 0 Å². The molecule has 0 fully saturated rings. The maximum absolute atomic E-state index is 13.6. The monoisotopic (exact) mass is 430 g/mol. The third-order valence-corrected chi connectivity index (χ3v) is 5.57. The van der Waals surface area contributed by atoms with Gasteiger partial charge in [0.05, 0.1) is 13.2 Å².